The second-order valence-corrected chi connectivity index (χ2v) is 5.33. The molecule has 0 spiro atoms. The number of fused-ring (bicyclic) bond motifs is 1. The Morgan fingerprint density at radius 2 is 1.81 bits per heavy atom. The largest absolute Gasteiger partial charge is 0.347 e. The molecular formula is C15H21N. The lowest BCUT2D eigenvalue weighted by Gasteiger charge is -2.24. The summed E-state index contributed by atoms with van der Waals surface area (Å²) in [7, 11) is 2.17. The molecule has 0 atom stereocenters. The number of hydrogen-bond acceptors (Lipinski definition) is 1. The predicted molar refractivity (Wildman–Crippen MR) is 71.1 cm³/mol. The van der Waals surface area contributed by atoms with Crippen molar-refractivity contribution in [1.82, 2.24) is 0 Å². The third-order valence-electron chi connectivity index (χ3n) is 3.72. The first-order valence-corrected chi connectivity index (χ1v) is 5.92. The molecule has 0 aromatic heterocycles. The van der Waals surface area contributed by atoms with Gasteiger partial charge in [-0.25, -0.2) is 0 Å². The monoisotopic (exact) mass is 215 g/mol. The Hall–Kier alpha value is -1.24. The van der Waals surface area contributed by atoms with Gasteiger partial charge in [-0.3, -0.25) is 0 Å². The Balaban J connectivity index is 2.77. The second-order valence-electron chi connectivity index (χ2n) is 5.33. The van der Waals surface area contributed by atoms with Crippen molar-refractivity contribution in [3.8, 4) is 0 Å². The lowest BCUT2D eigenvalue weighted by molar-refractivity contribution is 0.635. The summed E-state index contributed by atoms with van der Waals surface area (Å²) in [6.07, 6.45) is 2.23. The molecule has 2 rings (SSSR count). The predicted octanol–water partition coefficient (Wildman–Crippen LogP) is 3.93. The zero-order valence-corrected chi connectivity index (χ0v) is 11.2. The van der Waals surface area contributed by atoms with Gasteiger partial charge in [-0.1, -0.05) is 26.0 Å². The van der Waals surface area contributed by atoms with Gasteiger partial charge >= 0.3 is 0 Å². The second kappa shape index (κ2) is 3.38. The van der Waals surface area contributed by atoms with E-state index in [1.165, 1.54) is 28.1 Å². The summed E-state index contributed by atoms with van der Waals surface area (Å²) in [5.41, 5.74) is 7.14. The van der Waals surface area contributed by atoms with E-state index in [1.54, 1.807) is 0 Å². The molecule has 16 heavy (non-hydrogen) atoms. The normalized spacial score (nSPS) is 20.4. The number of anilines is 1. The van der Waals surface area contributed by atoms with Crippen molar-refractivity contribution in [2.45, 2.75) is 40.0 Å². The molecule has 0 saturated carbocycles. The molecule has 1 nitrogen and oxygen atoms in total. The van der Waals surface area contributed by atoms with Crippen LogP contribution in [-0.4, -0.2) is 7.05 Å². The molecule has 1 aliphatic heterocycles. The molecule has 0 aliphatic carbocycles. The number of rotatable bonds is 0. The van der Waals surface area contributed by atoms with Crippen molar-refractivity contribution < 1.29 is 0 Å². The zero-order chi connectivity index (χ0) is 12.1. The van der Waals surface area contributed by atoms with Crippen LogP contribution >= 0.6 is 0 Å². The van der Waals surface area contributed by atoms with E-state index in [0.717, 1.165) is 0 Å². The van der Waals surface area contributed by atoms with Crippen molar-refractivity contribution >= 4 is 5.69 Å². The van der Waals surface area contributed by atoms with Gasteiger partial charge in [0.2, 0.25) is 0 Å². The van der Waals surface area contributed by atoms with Gasteiger partial charge in [-0.15, -0.1) is 0 Å². The van der Waals surface area contributed by atoms with E-state index < -0.39 is 0 Å². The summed E-state index contributed by atoms with van der Waals surface area (Å²) in [6, 6.07) is 4.58. The highest BCUT2D eigenvalue weighted by Crippen LogP contribution is 2.48. The van der Waals surface area contributed by atoms with Crippen molar-refractivity contribution in [1.29, 1.82) is 0 Å². The zero-order valence-electron chi connectivity index (χ0n) is 11.2. The number of aryl methyl sites for hydroxylation is 2. The molecule has 0 radical (unpaired) electrons. The van der Waals surface area contributed by atoms with Gasteiger partial charge in [0.05, 0.1) is 0 Å². The Morgan fingerprint density at radius 3 is 2.38 bits per heavy atom. The van der Waals surface area contributed by atoms with Gasteiger partial charge in [0.15, 0.2) is 0 Å². The van der Waals surface area contributed by atoms with E-state index in [-0.39, 0.29) is 5.41 Å². The summed E-state index contributed by atoms with van der Waals surface area (Å²) >= 11 is 0. The molecule has 0 bridgehead atoms. The van der Waals surface area contributed by atoms with Gasteiger partial charge in [0, 0.05) is 23.8 Å². The quantitative estimate of drug-likeness (QED) is 0.633. The average molecular weight is 215 g/mol. The summed E-state index contributed by atoms with van der Waals surface area (Å²) < 4.78 is 0. The minimum atomic E-state index is 0.136. The van der Waals surface area contributed by atoms with Crippen LogP contribution in [0.1, 0.15) is 37.5 Å². The Labute approximate surface area is 98.8 Å². The summed E-state index contributed by atoms with van der Waals surface area (Å²) in [5, 5.41) is 0. The summed E-state index contributed by atoms with van der Waals surface area (Å²) in [5.74, 6) is 0. The van der Waals surface area contributed by atoms with Gasteiger partial charge in [-0.05, 0) is 43.5 Å². The average Bonchev–Trinajstić information content (AvgIpc) is 2.33. The minimum absolute atomic E-state index is 0.136. The maximum Gasteiger partial charge on any atom is 0.0453 e. The van der Waals surface area contributed by atoms with Gasteiger partial charge in [0.1, 0.15) is 0 Å². The van der Waals surface area contributed by atoms with Crippen LogP contribution in [0.3, 0.4) is 0 Å². The van der Waals surface area contributed by atoms with E-state index in [1.807, 2.05) is 0 Å². The van der Waals surface area contributed by atoms with Crippen LogP contribution in [0.25, 0.3) is 0 Å². The highest BCUT2D eigenvalue weighted by Gasteiger charge is 2.39. The van der Waals surface area contributed by atoms with Gasteiger partial charge in [0.25, 0.3) is 0 Å². The van der Waals surface area contributed by atoms with Crippen molar-refractivity contribution in [3.05, 3.63) is 40.6 Å². The fourth-order valence-electron chi connectivity index (χ4n) is 3.25. The SMILES string of the molecule is C/C=C1\N(C)c2cc(C)cc(C)c2C1(C)C. The fraction of sp³-hybridized carbons (Fsp3) is 0.467. The molecule has 1 aromatic rings. The molecule has 86 valence electrons. The lowest BCUT2D eigenvalue weighted by atomic mass is 9.81. The highest BCUT2D eigenvalue weighted by atomic mass is 15.2. The van der Waals surface area contributed by atoms with Gasteiger partial charge < -0.3 is 4.90 Å². The molecule has 1 heteroatoms. The van der Waals surface area contributed by atoms with Crippen molar-refractivity contribution in [3.63, 3.8) is 0 Å². The van der Waals surface area contributed by atoms with Crippen molar-refractivity contribution in [2.24, 2.45) is 0 Å². The lowest BCUT2D eigenvalue weighted by Crippen LogP contribution is -2.22. The molecule has 0 saturated heterocycles. The number of likely N-dealkylation sites (N-methyl/N-ethyl adjacent to an activating group) is 1. The van der Waals surface area contributed by atoms with Crippen molar-refractivity contribution in [2.75, 3.05) is 11.9 Å². The number of hydrogen-bond donors (Lipinski definition) is 0. The maximum absolute atomic E-state index is 2.33. The molecule has 1 aromatic carbocycles. The Morgan fingerprint density at radius 1 is 1.19 bits per heavy atom. The van der Waals surface area contributed by atoms with Crippen LogP contribution in [0.15, 0.2) is 23.9 Å². The summed E-state index contributed by atoms with van der Waals surface area (Å²) in [6.45, 7) is 11.1. The molecule has 0 N–H and O–H groups in total. The van der Waals surface area contributed by atoms with Crippen LogP contribution in [-0.2, 0) is 5.41 Å². The number of benzene rings is 1. The molecule has 0 amide bonds. The van der Waals surface area contributed by atoms with E-state index in [4.69, 9.17) is 0 Å². The topological polar surface area (TPSA) is 3.24 Å². The first kappa shape index (κ1) is 11.3. The molecule has 0 unspecified atom stereocenters. The Kier molecular flexibility index (Phi) is 2.37. The van der Waals surface area contributed by atoms with Crippen LogP contribution in [0, 0.1) is 13.8 Å². The minimum Gasteiger partial charge on any atom is -0.347 e. The highest BCUT2D eigenvalue weighted by molar-refractivity contribution is 5.72. The van der Waals surface area contributed by atoms with E-state index in [0.29, 0.717) is 0 Å². The van der Waals surface area contributed by atoms with Crippen LogP contribution < -0.4 is 4.90 Å². The van der Waals surface area contributed by atoms with E-state index in [2.05, 4.69) is 64.8 Å². The molecule has 1 aliphatic rings. The van der Waals surface area contributed by atoms with Crippen LogP contribution in [0.2, 0.25) is 0 Å². The van der Waals surface area contributed by atoms with E-state index >= 15 is 0 Å². The molecular weight excluding hydrogens is 194 g/mol. The smallest absolute Gasteiger partial charge is 0.0453 e. The first-order valence-electron chi connectivity index (χ1n) is 5.92. The summed E-state index contributed by atoms with van der Waals surface area (Å²) in [4.78, 5) is 2.33. The van der Waals surface area contributed by atoms with Crippen LogP contribution in [0.4, 0.5) is 5.69 Å². The Bertz CT molecular complexity index is 467. The van der Waals surface area contributed by atoms with Gasteiger partial charge in [-0.2, -0.15) is 0 Å². The molecule has 0 fully saturated rings. The van der Waals surface area contributed by atoms with Crippen LogP contribution in [0.5, 0.6) is 0 Å². The number of allylic oxidation sites excluding steroid dienone is 2. The number of nitrogens with zero attached hydrogens (tertiary/aromatic N) is 1. The fourth-order valence-corrected chi connectivity index (χ4v) is 3.25. The maximum atomic E-state index is 2.33. The first-order chi connectivity index (χ1) is 7.39. The third-order valence-corrected chi connectivity index (χ3v) is 3.72. The van der Waals surface area contributed by atoms with E-state index in [9.17, 15) is 0 Å². The standard InChI is InChI=1S/C15H21N/c1-7-13-15(4,5)14-11(3)8-10(2)9-12(14)16(13)6/h7-9H,1-6H3/b13-7-. The molecule has 1 heterocycles. The third kappa shape index (κ3) is 1.31.